The number of carbonyl (C=O) groups excluding carboxylic acids is 2. The predicted octanol–water partition coefficient (Wildman–Crippen LogP) is 2.17. The third-order valence-electron chi connectivity index (χ3n) is 5.99. The number of rotatable bonds is 7. The summed E-state index contributed by atoms with van der Waals surface area (Å²) >= 11 is 0.882. The number of piperidine rings is 1. The van der Waals surface area contributed by atoms with E-state index >= 15 is 0 Å². The van der Waals surface area contributed by atoms with Crippen LogP contribution in [0.15, 0.2) is 41.6 Å². The van der Waals surface area contributed by atoms with E-state index in [0.29, 0.717) is 34.8 Å². The molecule has 11 nitrogen and oxygen atoms in total. The van der Waals surface area contributed by atoms with Crippen molar-refractivity contribution in [1.82, 2.24) is 35.8 Å². The minimum Gasteiger partial charge on any atom is -0.384 e. The summed E-state index contributed by atoms with van der Waals surface area (Å²) in [7, 11) is 0. The monoisotopic (exact) mass is 491 g/mol. The molecule has 5 N–H and O–H groups in total. The van der Waals surface area contributed by atoms with Gasteiger partial charge in [0.05, 0.1) is 22.0 Å². The number of hydrogen-bond acceptors (Lipinski definition) is 10. The first-order valence-corrected chi connectivity index (χ1v) is 12.2. The van der Waals surface area contributed by atoms with Gasteiger partial charge in [-0.25, -0.2) is 15.0 Å². The number of hydrogen-bond donors (Lipinski definition) is 4. The van der Waals surface area contributed by atoms with Gasteiger partial charge in [0, 0.05) is 32.0 Å². The first-order chi connectivity index (χ1) is 17.0. The molecule has 0 unspecified atom stereocenters. The zero-order chi connectivity index (χ0) is 24.2. The van der Waals surface area contributed by atoms with E-state index < -0.39 is 0 Å². The molecule has 0 aromatic carbocycles. The number of pyridine rings is 1. The number of aromatic amines is 1. The molecule has 0 saturated carbocycles. The van der Waals surface area contributed by atoms with Crippen molar-refractivity contribution in [3.8, 4) is 11.4 Å². The average molecular weight is 492 g/mol. The van der Waals surface area contributed by atoms with Crippen molar-refractivity contribution < 1.29 is 9.59 Å². The summed E-state index contributed by atoms with van der Waals surface area (Å²) in [5.41, 5.74) is 9.22. The number of nitrogens with one attached hydrogen (secondary N) is 3. The van der Waals surface area contributed by atoms with E-state index in [4.69, 9.17) is 5.73 Å². The van der Waals surface area contributed by atoms with Crippen LogP contribution >= 0.6 is 11.8 Å². The molecule has 3 aromatic heterocycles. The molecule has 2 aliphatic rings. The van der Waals surface area contributed by atoms with E-state index in [9.17, 15) is 9.59 Å². The van der Waals surface area contributed by atoms with Crippen LogP contribution in [-0.4, -0.2) is 55.9 Å². The lowest BCUT2D eigenvalue weighted by Crippen LogP contribution is -2.38. The van der Waals surface area contributed by atoms with E-state index in [1.807, 2.05) is 18.2 Å². The first-order valence-electron chi connectivity index (χ1n) is 11.3. The Hall–Kier alpha value is -3.77. The molecular weight excluding hydrogens is 466 g/mol. The van der Waals surface area contributed by atoms with Crippen molar-refractivity contribution in [2.24, 2.45) is 5.92 Å². The number of nitrogens with two attached hydrogens (primary N) is 1. The predicted molar refractivity (Wildman–Crippen MR) is 134 cm³/mol. The number of nitrogens with zero attached hydrogens (tertiary/aromatic N) is 5. The minimum atomic E-state index is -0.389. The fraction of sp³-hybridized carbons (Fsp3) is 0.304. The number of anilines is 2. The highest BCUT2D eigenvalue weighted by atomic mass is 32.2. The van der Waals surface area contributed by atoms with Crippen LogP contribution in [0.5, 0.6) is 0 Å². The minimum absolute atomic E-state index is 0.344. The molecule has 0 bridgehead atoms. The molecule has 2 amide bonds. The molecule has 12 heteroatoms. The van der Waals surface area contributed by atoms with Crippen molar-refractivity contribution >= 4 is 40.8 Å². The molecule has 180 valence electrons. The van der Waals surface area contributed by atoms with Gasteiger partial charge in [0.2, 0.25) is 5.95 Å². The van der Waals surface area contributed by atoms with Crippen LogP contribution in [-0.2, 0) is 11.3 Å². The Labute approximate surface area is 206 Å². The molecule has 2 aliphatic heterocycles. The zero-order valence-electron chi connectivity index (χ0n) is 18.9. The highest BCUT2D eigenvalue weighted by molar-refractivity contribution is 8.18. The molecule has 0 aliphatic carbocycles. The smallest absolute Gasteiger partial charge is 0.290 e. The molecule has 35 heavy (non-hydrogen) atoms. The lowest BCUT2D eigenvalue weighted by molar-refractivity contribution is -0.115. The lowest BCUT2D eigenvalue weighted by Gasteiger charge is -2.32. The summed E-state index contributed by atoms with van der Waals surface area (Å²) in [6.45, 7) is 3.29. The Balaban J connectivity index is 1.14. The van der Waals surface area contributed by atoms with Crippen LogP contribution in [0.25, 0.3) is 17.5 Å². The van der Waals surface area contributed by atoms with Crippen LogP contribution in [0.1, 0.15) is 24.1 Å². The van der Waals surface area contributed by atoms with Gasteiger partial charge in [0.1, 0.15) is 5.82 Å². The lowest BCUT2D eigenvalue weighted by atomic mass is 9.97. The Kier molecular flexibility index (Phi) is 6.73. The van der Waals surface area contributed by atoms with E-state index in [1.165, 1.54) is 0 Å². The maximum atomic E-state index is 11.8. The van der Waals surface area contributed by atoms with Crippen molar-refractivity contribution in [3.63, 3.8) is 0 Å². The maximum Gasteiger partial charge on any atom is 0.290 e. The van der Waals surface area contributed by atoms with Crippen LogP contribution in [0, 0.1) is 5.92 Å². The topological polar surface area (TPSA) is 155 Å². The van der Waals surface area contributed by atoms with Gasteiger partial charge in [-0.2, -0.15) is 5.10 Å². The second-order valence-electron chi connectivity index (χ2n) is 8.41. The van der Waals surface area contributed by atoms with Gasteiger partial charge < -0.3 is 16.0 Å². The second kappa shape index (κ2) is 10.2. The van der Waals surface area contributed by atoms with Gasteiger partial charge in [-0.15, -0.1) is 0 Å². The van der Waals surface area contributed by atoms with Crippen molar-refractivity contribution in [2.75, 3.05) is 30.3 Å². The molecular formula is C23H25N9O2S. The standard InChI is InChI=1S/C23H25N9O2S/c24-19-2-1-15(20(29-19)17-4-8-27-31-17)13-25-12-14-5-9-32(10-6-14)22-26-7-3-16(28-22)11-18-21(33)30-23(34)35-18/h1-4,7-8,11,14,25H,5-6,9-10,12-13H2,(H2,24,29)(H,27,31)(H,30,33,34)/b18-11+. The number of aromatic nitrogens is 5. The fourth-order valence-corrected chi connectivity index (χ4v) is 4.83. The summed E-state index contributed by atoms with van der Waals surface area (Å²) < 4.78 is 0. The van der Waals surface area contributed by atoms with Crippen LogP contribution in [0.2, 0.25) is 0 Å². The molecule has 3 aromatic rings. The Morgan fingerprint density at radius 1 is 1.14 bits per heavy atom. The van der Waals surface area contributed by atoms with Gasteiger partial charge in [0.15, 0.2) is 0 Å². The molecule has 0 radical (unpaired) electrons. The molecule has 2 fully saturated rings. The number of thioether (sulfide) groups is 1. The van der Waals surface area contributed by atoms with Gasteiger partial charge >= 0.3 is 0 Å². The SMILES string of the molecule is Nc1ccc(CNCC2CCN(c3nccc(/C=C4/SC(=O)NC4=O)n3)CC2)c(-c2ccn[nH]2)n1. The molecule has 0 spiro atoms. The van der Waals surface area contributed by atoms with E-state index in [-0.39, 0.29) is 11.1 Å². The highest BCUT2D eigenvalue weighted by Gasteiger charge is 2.26. The van der Waals surface area contributed by atoms with Crippen LogP contribution < -0.4 is 21.3 Å². The average Bonchev–Trinajstić information content (AvgIpc) is 3.50. The van der Waals surface area contributed by atoms with E-state index in [0.717, 1.165) is 61.2 Å². The summed E-state index contributed by atoms with van der Waals surface area (Å²) in [6, 6.07) is 7.43. The number of H-pyrrole nitrogens is 1. The van der Waals surface area contributed by atoms with Crippen molar-refractivity contribution in [2.45, 2.75) is 19.4 Å². The molecule has 0 atom stereocenters. The molecule has 2 saturated heterocycles. The summed E-state index contributed by atoms with van der Waals surface area (Å²) in [5, 5.41) is 12.4. The number of carbonyl (C=O) groups is 2. The van der Waals surface area contributed by atoms with Crippen molar-refractivity contribution in [3.05, 3.63) is 52.8 Å². The van der Waals surface area contributed by atoms with Gasteiger partial charge in [0.25, 0.3) is 11.1 Å². The third kappa shape index (κ3) is 5.49. The van der Waals surface area contributed by atoms with E-state index in [1.54, 1.807) is 24.5 Å². The zero-order valence-corrected chi connectivity index (χ0v) is 19.7. The number of imide groups is 1. The van der Waals surface area contributed by atoms with Crippen molar-refractivity contribution in [1.29, 1.82) is 0 Å². The number of amides is 2. The maximum absolute atomic E-state index is 11.8. The molecule has 5 heterocycles. The quantitative estimate of drug-likeness (QED) is 0.361. The summed E-state index contributed by atoms with van der Waals surface area (Å²) in [5.74, 6) is 1.27. The Morgan fingerprint density at radius 3 is 2.74 bits per heavy atom. The van der Waals surface area contributed by atoms with Gasteiger partial charge in [-0.3, -0.25) is 20.0 Å². The fourth-order valence-electron chi connectivity index (χ4n) is 4.16. The highest BCUT2D eigenvalue weighted by Crippen LogP contribution is 2.26. The Bertz CT molecular complexity index is 1250. The second-order valence-corrected chi connectivity index (χ2v) is 9.42. The van der Waals surface area contributed by atoms with E-state index in [2.05, 4.69) is 40.7 Å². The normalized spacial score (nSPS) is 17.8. The molecule has 5 rings (SSSR count). The third-order valence-corrected chi connectivity index (χ3v) is 6.80. The summed E-state index contributed by atoms with van der Waals surface area (Å²) in [6.07, 6.45) is 7.03. The van der Waals surface area contributed by atoms with Gasteiger partial charge in [-0.1, -0.05) is 6.07 Å². The first kappa shape index (κ1) is 23.0. The Morgan fingerprint density at radius 2 is 2.00 bits per heavy atom. The van der Waals surface area contributed by atoms with Crippen LogP contribution in [0.4, 0.5) is 16.6 Å². The van der Waals surface area contributed by atoms with Gasteiger partial charge in [-0.05, 0) is 66.9 Å². The number of nitrogen functional groups attached to an aromatic ring is 1. The van der Waals surface area contributed by atoms with Crippen LogP contribution in [0.3, 0.4) is 0 Å². The summed E-state index contributed by atoms with van der Waals surface area (Å²) in [4.78, 5) is 39.1. The largest absolute Gasteiger partial charge is 0.384 e.